The maximum Gasteiger partial charge on any atom is 0.357 e. The fourth-order valence-electron chi connectivity index (χ4n) is 1.19. The van der Waals surface area contributed by atoms with Crippen molar-refractivity contribution in [3.8, 4) is 0 Å². The fraction of sp³-hybridized carbons (Fsp3) is 0.143. The zero-order chi connectivity index (χ0) is 11.0. The van der Waals surface area contributed by atoms with Crippen molar-refractivity contribution in [3.63, 3.8) is 0 Å². The first kappa shape index (κ1) is 10.1. The van der Waals surface area contributed by atoms with Gasteiger partial charge in [-0.1, -0.05) is 0 Å². The summed E-state index contributed by atoms with van der Waals surface area (Å²) in [5.41, 5.74) is -1.24. The number of alkyl halides is 1. The van der Waals surface area contributed by atoms with E-state index >= 15 is 0 Å². The molecule has 8 heteroatoms. The average Bonchev–Trinajstić information content (AvgIpc) is 2.64. The monoisotopic (exact) mass is 245 g/mol. The lowest BCUT2D eigenvalue weighted by molar-refractivity contribution is -0.387. The van der Waals surface area contributed by atoms with E-state index in [1.54, 1.807) is 5.38 Å². The number of nitrogens with zero attached hydrogens (tertiary/aromatic N) is 3. The summed E-state index contributed by atoms with van der Waals surface area (Å²) >= 11 is 6.73. The summed E-state index contributed by atoms with van der Waals surface area (Å²) in [6.07, 6.45) is 1.44. The molecular formula is C7H4ClN3O3S. The van der Waals surface area contributed by atoms with E-state index in [2.05, 4.69) is 4.98 Å². The van der Waals surface area contributed by atoms with Gasteiger partial charge in [0.15, 0.2) is 4.96 Å². The topological polar surface area (TPSA) is 77.5 Å². The smallest absolute Gasteiger partial charge is 0.261 e. The van der Waals surface area contributed by atoms with Crippen LogP contribution in [-0.2, 0) is 5.88 Å². The minimum Gasteiger partial charge on any atom is -0.261 e. The minimum absolute atomic E-state index is 0.00844. The molecule has 2 rings (SSSR count). The van der Waals surface area contributed by atoms with E-state index in [-0.39, 0.29) is 11.6 Å². The Hall–Kier alpha value is -1.47. The van der Waals surface area contributed by atoms with Crippen molar-refractivity contribution in [1.29, 1.82) is 0 Å². The highest BCUT2D eigenvalue weighted by atomic mass is 35.5. The number of aromatic nitrogens is 2. The van der Waals surface area contributed by atoms with Gasteiger partial charge in [-0.2, -0.15) is 0 Å². The lowest BCUT2D eigenvalue weighted by atomic mass is 10.4. The Bertz CT molecular complexity index is 591. The van der Waals surface area contributed by atoms with Gasteiger partial charge in [-0.05, 0) is 0 Å². The molecule has 0 aliphatic rings. The Balaban J connectivity index is 2.92. The highest BCUT2D eigenvalue weighted by molar-refractivity contribution is 7.15. The number of rotatable bonds is 2. The standard InChI is InChI=1S/C7H4ClN3O3S/c8-3-4-5(11(13)14)6(12)10-1-2-15-7(10)9-4/h1-2H,3H2. The van der Waals surface area contributed by atoms with Crippen molar-refractivity contribution in [1.82, 2.24) is 9.38 Å². The van der Waals surface area contributed by atoms with Gasteiger partial charge in [0.25, 0.3) is 0 Å². The average molecular weight is 246 g/mol. The third kappa shape index (κ3) is 1.49. The third-order valence-electron chi connectivity index (χ3n) is 1.82. The van der Waals surface area contributed by atoms with Gasteiger partial charge < -0.3 is 0 Å². The van der Waals surface area contributed by atoms with Crippen LogP contribution < -0.4 is 5.56 Å². The van der Waals surface area contributed by atoms with Crippen molar-refractivity contribution < 1.29 is 4.92 Å². The Morgan fingerprint density at radius 2 is 2.40 bits per heavy atom. The first-order valence-electron chi connectivity index (χ1n) is 3.84. The largest absolute Gasteiger partial charge is 0.357 e. The van der Waals surface area contributed by atoms with Gasteiger partial charge in [-0.3, -0.25) is 19.3 Å². The van der Waals surface area contributed by atoms with Crippen molar-refractivity contribution >= 4 is 33.6 Å². The Morgan fingerprint density at radius 3 is 3.00 bits per heavy atom. The number of fused-ring (bicyclic) bond motifs is 1. The Kier molecular flexibility index (Phi) is 2.41. The molecule has 0 amide bonds. The van der Waals surface area contributed by atoms with Crippen LogP contribution >= 0.6 is 22.9 Å². The van der Waals surface area contributed by atoms with Crippen molar-refractivity contribution in [2.75, 3.05) is 0 Å². The Labute approximate surface area is 91.9 Å². The molecule has 0 radical (unpaired) electrons. The summed E-state index contributed by atoms with van der Waals surface area (Å²) in [7, 11) is 0. The molecule has 0 aliphatic heterocycles. The van der Waals surface area contributed by atoms with E-state index in [1.807, 2.05) is 0 Å². The highest BCUT2D eigenvalue weighted by Crippen LogP contribution is 2.16. The minimum atomic E-state index is -0.753. The normalized spacial score (nSPS) is 10.7. The zero-order valence-corrected chi connectivity index (χ0v) is 8.79. The quantitative estimate of drug-likeness (QED) is 0.455. The van der Waals surface area contributed by atoms with Crippen LogP contribution in [0.15, 0.2) is 16.4 Å². The zero-order valence-electron chi connectivity index (χ0n) is 7.21. The van der Waals surface area contributed by atoms with Gasteiger partial charge in [0.05, 0.1) is 10.8 Å². The second-order valence-electron chi connectivity index (χ2n) is 2.66. The van der Waals surface area contributed by atoms with E-state index in [4.69, 9.17) is 11.6 Å². The molecule has 15 heavy (non-hydrogen) atoms. The van der Waals surface area contributed by atoms with Crippen LogP contribution in [0.2, 0.25) is 0 Å². The summed E-state index contributed by atoms with van der Waals surface area (Å²) in [6, 6.07) is 0. The SMILES string of the molecule is O=c1c([N+](=O)[O-])c(CCl)nc2sccn12. The molecule has 2 aromatic heterocycles. The molecule has 6 nitrogen and oxygen atoms in total. The summed E-state index contributed by atoms with van der Waals surface area (Å²) in [6.45, 7) is 0. The van der Waals surface area contributed by atoms with Crippen molar-refractivity contribution in [2.45, 2.75) is 5.88 Å². The molecule has 0 aromatic carbocycles. The molecule has 0 N–H and O–H groups in total. The number of hydrogen-bond donors (Lipinski definition) is 0. The van der Waals surface area contributed by atoms with Gasteiger partial charge in [0.1, 0.15) is 5.69 Å². The van der Waals surface area contributed by atoms with Crippen LogP contribution in [0.4, 0.5) is 5.69 Å². The molecule has 0 atom stereocenters. The summed E-state index contributed by atoms with van der Waals surface area (Å²) in [4.78, 5) is 25.9. The predicted molar refractivity (Wildman–Crippen MR) is 55.6 cm³/mol. The van der Waals surface area contributed by atoms with Crippen LogP contribution in [-0.4, -0.2) is 14.3 Å². The van der Waals surface area contributed by atoms with Crippen molar-refractivity contribution in [2.24, 2.45) is 0 Å². The van der Waals surface area contributed by atoms with Crippen molar-refractivity contribution in [3.05, 3.63) is 37.7 Å². The lowest BCUT2D eigenvalue weighted by Gasteiger charge is -1.98. The Morgan fingerprint density at radius 1 is 1.67 bits per heavy atom. The van der Waals surface area contributed by atoms with Crippen LogP contribution in [0, 0.1) is 10.1 Å². The maximum absolute atomic E-state index is 11.6. The first-order chi connectivity index (χ1) is 7.15. The van der Waals surface area contributed by atoms with Gasteiger partial charge in [0, 0.05) is 11.6 Å². The van der Waals surface area contributed by atoms with Crippen LogP contribution in [0.3, 0.4) is 0 Å². The number of halogens is 1. The molecule has 0 spiro atoms. The lowest BCUT2D eigenvalue weighted by Crippen LogP contribution is -2.19. The molecule has 0 saturated heterocycles. The molecule has 2 aromatic rings. The van der Waals surface area contributed by atoms with Crippen LogP contribution in [0.1, 0.15) is 5.69 Å². The van der Waals surface area contributed by atoms with Gasteiger partial charge in [-0.15, -0.1) is 22.9 Å². The molecule has 0 bridgehead atoms. The number of hydrogen-bond acceptors (Lipinski definition) is 5. The second-order valence-corrected chi connectivity index (χ2v) is 3.80. The predicted octanol–water partition coefficient (Wildman–Crippen LogP) is 1.40. The second kappa shape index (κ2) is 3.59. The first-order valence-corrected chi connectivity index (χ1v) is 5.25. The maximum atomic E-state index is 11.6. The fourth-order valence-corrected chi connectivity index (χ4v) is 2.10. The molecule has 78 valence electrons. The van der Waals surface area contributed by atoms with Crippen LogP contribution in [0.5, 0.6) is 0 Å². The third-order valence-corrected chi connectivity index (χ3v) is 2.83. The molecular weight excluding hydrogens is 242 g/mol. The summed E-state index contributed by atoms with van der Waals surface area (Å²) < 4.78 is 1.14. The number of thiazole rings is 1. The number of nitro groups is 1. The molecule has 0 saturated carbocycles. The summed E-state index contributed by atoms with van der Waals surface area (Å²) in [5, 5.41) is 12.3. The van der Waals surface area contributed by atoms with E-state index < -0.39 is 16.2 Å². The van der Waals surface area contributed by atoms with E-state index in [0.717, 1.165) is 4.40 Å². The highest BCUT2D eigenvalue weighted by Gasteiger charge is 2.22. The van der Waals surface area contributed by atoms with Crippen LogP contribution in [0.25, 0.3) is 4.96 Å². The van der Waals surface area contributed by atoms with E-state index in [1.165, 1.54) is 17.5 Å². The van der Waals surface area contributed by atoms with E-state index in [9.17, 15) is 14.9 Å². The molecule has 0 aliphatic carbocycles. The molecule has 0 unspecified atom stereocenters. The molecule has 0 fully saturated rings. The summed E-state index contributed by atoms with van der Waals surface area (Å²) in [5.74, 6) is -0.153. The van der Waals surface area contributed by atoms with Gasteiger partial charge in [-0.25, -0.2) is 4.98 Å². The van der Waals surface area contributed by atoms with E-state index in [0.29, 0.717) is 4.96 Å². The van der Waals surface area contributed by atoms with Gasteiger partial charge in [0.2, 0.25) is 0 Å². The molecule has 2 heterocycles. The van der Waals surface area contributed by atoms with Gasteiger partial charge >= 0.3 is 11.2 Å².